The fourth-order valence-corrected chi connectivity index (χ4v) is 2.64. The molecular weight excluding hydrogens is 292 g/mol. The second-order valence-electron chi connectivity index (χ2n) is 4.27. The number of thiazole rings is 1. The molecule has 2 N–H and O–H groups in total. The Labute approximate surface area is 126 Å². The summed E-state index contributed by atoms with van der Waals surface area (Å²) in [6.45, 7) is 2.16. The van der Waals surface area contributed by atoms with E-state index < -0.39 is 5.97 Å². The molecule has 2 rings (SSSR count). The minimum atomic E-state index is -0.958. The van der Waals surface area contributed by atoms with E-state index in [4.69, 9.17) is 14.6 Å². The number of carboxylic acids is 1. The van der Waals surface area contributed by atoms with Crippen LogP contribution in [0, 0.1) is 6.92 Å². The Balaban J connectivity index is 2.12. The first-order chi connectivity index (χ1) is 10.0. The summed E-state index contributed by atoms with van der Waals surface area (Å²) in [5.41, 5.74) is 1.44. The van der Waals surface area contributed by atoms with Crippen molar-refractivity contribution < 1.29 is 19.4 Å². The fraction of sp³-hybridized carbons (Fsp3) is 0.286. The van der Waals surface area contributed by atoms with E-state index in [2.05, 4.69) is 10.3 Å². The van der Waals surface area contributed by atoms with Crippen LogP contribution < -0.4 is 14.8 Å². The summed E-state index contributed by atoms with van der Waals surface area (Å²) in [5, 5.41) is 12.7. The lowest BCUT2D eigenvalue weighted by atomic mass is 10.2. The van der Waals surface area contributed by atoms with E-state index >= 15 is 0 Å². The Morgan fingerprint density at radius 2 is 2.14 bits per heavy atom. The van der Waals surface area contributed by atoms with Crippen molar-refractivity contribution in [3.8, 4) is 11.5 Å². The predicted octanol–water partition coefficient (Wildman–Crippen LogP) is 2.78. The van der Waals surface area contributed by atoms with Gasteiger partial charge in [-0.3, -0.25) is 0 Å². The topological polar surface area (TPSA) is 80.7 Å². The van der Waals surface area contributed by atoms with Crippen molar-refractivity contribution >= 4 is 22.4 Å². The Kier molecular flexibility index (Phi) is 4.64. The maximum Gasteiger partial charge on any atom is 0.347 e. The number of nitrogens with zero attached hydrogens (tertiary/aromatic N) is 1. The molecule has 0 aliphatic carbocycles. The number of carboxylic acid groups (broad SMARTS) is 1. The van der Waals surface area contributed by atoms with Crippen LogP contribution in [0.2, 0.25) is 0 Å². The quantitative estimate of drug-likeness (QED) is 0.854. The lowest BCUT2D eigenvalue weighted by molar-refractivity contribution is 0.0701. The third kappa shape index (κ3) is 3.43. The van der Waals surface area contributed by atoms with Crippen LogP contribution in [0.1, 0.15) is 20.9 Å². The number of nitrogens with one attached hydrogen (secondary N) is 1. The van der Waals surface area contributed by atoms with E-state index in [0.717, 1.165) is 16.9 Å². The van der Waals surface area contributed by atoms with Gasteiger partial charge in [-0.2, -0.15) is 0 Å². The third-order valence-corrected chi connectivity index (χ3v) is 4.02. The van der Waals surface area contributed by atoms with Crippen LogP contribution in [0.5, 0.6) is 11.5 Å². The highest BCUT2D eigenvalue weighted by atomic mass is 32.1. The van der Waals surface area contributed by atoms with E-state index in [0.29, 0.717) is 28.9 Å². The number of hydrogen-bond donors (Lipinski definition) is 2. The summed E-state index contributed by atoms with van der Waals surface area (Å²) in [4.78, 5) is 15.4. The number of rotatable bonds is 6. The maximum absolute atomic E-state index is 11.0. The number of aromatic carboxylic acids is 1. The molecule has 112 valence electrons. The molecule has 1 heterocycles. The first-order valence-corrected chi connectivity index (χ1v) is 7.02. The first-order valence-electron chi connectivity index (χ1n) is 6.20. The van der Waals surface area contributed by atoms with Gasteiger partial charge >= 0.3 is 5.97 Å². The molecule has 0 saturated carbocycles. The summed E-state index contributed by atoms with van der Waals surface area (Å²) in [6, 6.07) is 5.53. The number of hydrogen-bond acceptors (Lipinski definition) is 6. The number of benzene rings is 1. The molecule has 0 aliphatic heterocycles. The van der Waals surface area contributed by atoms with Gasteiger partial charge in [0, 0.05) is 18.2 Å². The molecule has 0 fully saturated rings. The summed E-state index contributed by atoms with van der Waals surface area (Å²) in [6.07, 6.45) is 0. The Hall–Kier alpha value is -2.28. The second kappa shape index (κ2) is 6.45. The van der Waals surface area contributed by atoms with E-state index in [1.807, 2.05) is 12.1 Å². The van der Waals surface area contributed by atoms with Crippen molar-refractivity contribution in [1.82, 2.24) is 4.98 Å². The van der Waals surface area contributed by atoms with Gasteiger partial charge in [-0.25, -0.2) is 9.78 Å². The lowest BCUT2D eigenvalue weighted by Crippen LogP contribution is -2.01. The maximum atomic E-state index is 11.0. The SMILES string of the molecule is COc1ccc(CNc2nc(C)c(C(=O)O)s2)c(OC)c1. The van der Waals surface area contributed by atoms with Crippen LogP contribution >= 0.6 is 11.3 Å². The number of aryl methyl sites for hydroxylation is 1. The number of ether oxygens (including phenoxy) is 2. The third-order valence-electron chi connectivity index (χ3n) is 2.92. The van der Waals surface area contributed by atoms with Crippen LogP contribution in [0.4, 0.5) is 5.13 Å². The summed E-state index contributed by atoms with van der Waals surface area (Å²) < 4.78 is 10.5. The van der Waals surface area contributed by atoms with Crippen molar-refractivity contribution in [3.63, 3.8) is 0 Å². The Bertz CT molecular complexity index is 654. The van der Waals surface area contributed by atoms with Crippen molar-refractivity contribution in [2.75, 3.05) is 19.5 Å². The molecular formula is C14H16N2O4S. The molecule has 0 spiro atoms. The number of aromatic nitrogens is 1. The standard InChI is InChI=1S/C14H16N2O4S/c1-8-12(13(17)18)21-14(16-8)15-7-9-4-5-10(19-2)6-11(9)20-3/h4-6H,7H2,1-3H3,(H,15,16)(H,17,18). The fourth-order valence-electron chi connectivity index (χ4n) is 1.84. The van der Waals surface area contributed by atoms with Crippen molar-refractivity contribution in [2.24, 2.45) is 0 Å². The molecule has 0 amide bonds. The van der Waals surface area contributed by atoms with Gasteiger partial charge in [0.05, 0.1) is 19.9 Å². The minimum Gasteiger partial charge on any atom is -0.497 e. The van der Waals surface area contributed by atoms with Crippen LogP contribution in [0.15, 0.2) is 18.2 Å². The molecule has 0 aliphatic rings. The molecule has 1 aromatic carbocycles. The zero-order valence-corrected chi connectivity index (χ0v) is 12.8. The molecule has 0 saturated heterocycles. The van der Waals surface area contributed by atoms with Gasteiger partial charge < -0.3 is 19.9 Å². The van der Waals surface area contributed by atoms with Gasteiger partial charge in [0.1, 0.15) is 16.4 Å². The van der Waals surface area contributed by atoms with Crippen LogP contribution in [0.25, 0.3) is 0 Å². The molecule has 0 unspecified atom stereocenters. The smallest absolute Gasteiger partial charge is 0.347 e. The number of anilines is 1. The normalized spacial score (nSPS) is 10.2. The zero-order chi connectivity index (χ0) is 15.4. The molecule has 6 nitrogen and oxygen atoms in total. The predicted molar refractivity (Wildman–Crippen MR) is 80.7 cm³/mol. The Morgan fingerprint density at radius 1 is 1.38 bits per heavy atom. The second-order valence-corrected chi connectivity index (χ2v) is 5.27. The van der Waals surface area contributed by atoms with Crippen LogP contribution in [-0.4, -0.2) is 30.3 Å². The van der Waals surface area contributed by atoms with Gasteiger partial charge in [0.2, 0.25) is 0 Å². The van der Waals surface area contributed by atoms with Crippen LogP contribution in [-0.2, 0) is 6.54 Å². The highest BCUT2D eigenvalue weighted by Gasteiger charge is 2.14. The summed E-state index contributed by atoms with van der Waals surface area (Å²) >= 11 is 1.12. The number of methoxy groups -OCH3 is 2. The summed E-state index contributed by atoms with van der Waals surface area (Å²) in [5.74, 6) is 0.461. The molecule has 1 aromatic heterocycles. The van der Waals surface area contributed by atoms with Gasteiger partial charge in [0.15, 0.2) is 5.13 Å². The average molecular weight is 308 g/mol. The largest absolute Gasteiger partial charge is 0.497 e. The highest BCUT2D eigenvalue weighted by Crippen LogP contribution is 2.27. The lowest BCUT2D eigenvalue weighted by Gasteiger charge is -2.10. The Morgan fingerprint density at radius 3 is 2.71 bits per heavy atom. The van der Waals surface area contributed by atoms with Gasteiger partial charge in [-0.05, 0) is 19.1 Å². The van der Waals surface area contributed by atoms with Crippen LogP contribution in [0.3, 0.4) is 0 Å². The molecule has 7 heteroatoms. The van der Waals surface area contributed by atoms with Crippen molar-refractivity contribution in [3.05, 3.63) is 34.3 Å². The van der Waals surface area contributed by atoms with E-state index in [-0.39, 0.29) is 4.88 Å². The number of carbonyl (C=O) groups is 1. The minimum absolute atomic E-state index is 0.249. The van der Waals surface area contributed by atoms with Gasteiger partial charge in [-0.15, -0.1) is 0 Å². The van der Waals surface area contributed by atoms with Gasteiger partial charge in [0.25, 0.3) is 0 Å². The molecule has 2 aromatic rings. The summed E-state index contributed by atoms with van der Waals surface area (Å²) in [7, 11) is 3.19. The monoisotopic (exact) mass is 308 g/mol. The van der Waals surface area contributed by atoms with E-state index in [9.17, 15) is 4.79 Å². The van der Waals surface area contributed by atoms with E-state index in [1.165, 1.54) is 0 Å². The molecule has 0 atom stereocenters. The van der Waals surface area contributed by atoms with Crippen molar-refractivity contribution in [1.29, 1.82) is 0 Å². The molecule has 0 bridgehead atoms. The van der Waals surface area contributed by atoms with Gasteiger partial charge in [-0.1, -0.05) is 11.3 Å². The average Bonchev–Trinajstić information content (AvgIpc) is 2.86. The highest BCUT2D eigenvalue weighted by molar-refractivity contribution is 7.17. The van der Waals surface area contributed by atoms with Crippen molar-refractivity contribution in [2.45, 2.75) is 13.5 Å². The molecule has 21 heavy (non-hydrogen) atoms. The molecule has 0 radical (unpaired) electrons. The van der Waals surface area contributed by atoms with E-state index in [1.54, 1.807) is 27.2 Å². The first kappa shape index (κ1) is 15.1. The zero-order valence-electron chi connectivity index (χ0n) is 12.0.